The van der Waals surface area contributed by atoms with Gasteiger partial charge < -0.3 is 28.8 Å². The minimum Gasteiger partial charge on any atom is -0.493 e. The van der Waals surface area contributed by atoms with Gasteiger partial charge in [0.15, 0.2) is 11.5 Å². The van der Waals surface area contributed by atoms with Crippen molar-refractivity contribution >= 4 is 17.8 Å². The van der Waals surface area contributed by atoms with E-state index in [4.69, 9.17) is 23.8 Å². The molecule has 0 aliphatic rings. The van der Waals surface area contributed by atoms with Crippen LogP contribution < -0.4 is 14.2 Å². The van der Waals surface area contributed by atoms with E-state index < -0.39 is 5.97 Å². The number of hydrogen-bond donors (Lipinski definition) is 1. The van der Waals surface area contributed by atoms with Crippen LogP contribution in [0.3, 0.4) is 0 Å². The number of aromatic amines is 1. The largest absolute Gasteiger partial charge is 0.493 e. The fourth-order valence-electron chi connectivity index (χ4n) is 3.08. The van der Waals surface area contributed by atoms with Crippen molar-refractivity contribution in [2.24, 2.45) is 5.16 Å². The van der Waals surface area contributed by atoms with Gasteiger partial charge in [-0.05, 0) is 31.6 Å². The Balaban J connectivity index is 2.91. The molecule has 1 aromatic heterocycles. The van der Waals surface area contributed by atoms with Gasteiger partial charge in [-0.2, -0.15) is 0 Å². The van der Waals surface area contributed by atoms with Gasteiger partial charge >= 0.3 is 5.97 Å². The van der Waals surface area contributed by atoms with E-state index in [9.17, 15) is 4.79 Å². The van der Waals surface area contributed by atoms with Gasteiger partial charge in [0.05, 0.1) is 39.8 Å². The molecule has 8 heteroatoms. The first-order valence-corrected chi connectivity index (χ1v) is 8.89. The van der Waals surface area contributed by atoms with Crippen molar-refractivity contribution in [3.05, 3.63) is 35.7 Å². The molecule has 0 unspecified atom stereocenters. The lowest BCUT2D eigenvalue weighted by Crippen LogP contribution is -2.07. The third-order valence-electron chi connectivity index (χ3n) is 4.20. The summed E-state index contributed by atoms with van der Waals surface area (Å²) in [6.45, 7) is 7.83. The fraction of sp³-hybridized carbons (Fsp3) is 0.333. The lowest BCUT2D eigenvalue weighted by atomic mass is 9.95. The third kappa shape index (κ3) is 4.21. The van der Waals surface area contributed by atoms with Gasteiger partial charge in [0, 0.05) is 16.7 Å². The molecule has 156 valence electrons. The molecule has 0 atom stereocenters. The predicted molar refractivity (Wildman–Crippen MR) is 111 cm³/mol. The Morgan fingerprint density at radius 3 is 2.34 bits per heavy atom. The van der Waals surface area contributed by atoms with Crippen molar-refractivity contribution in [1.82, 2.24) is 4.98 Å². The van der Waals surface area contributed by atoms with Crippen LogP contribution in [0.2, 0.25) is 0 Å². The van der Waals surface area contributed by atoms with Crippen LogP contribution in [0.25, 0.3) is 16.7 Å². The SMILES string of the molecule is C=C(C)c1c(C(=O)OCC)[nH]c(/C=N/OC)c1-c1ccc(OC)c(OC)c1OC. The highest BCUT2D eigenvalue weighted by molar-refractivity contribution is 6.04. The number of nitrogens with one attached hydrogen (secondary N) is 1. The summed E-state index contributed by atoms with van der Waals surface area (Å²) < 4.78 is 21.7. The monoisotopic (exact) mass is 402 g/mol. The van der Waals surface area contributed by atoms with E-state index in [1.54, 1.807) is 27.0 Å². The summed E-state index contributed by atoms with van der Waals surface area (Å²) in [5.74, 6) is 0.881. The molecule has 0 bridgehead atoms. The van der Waals surface area contributed by atoms with Gasteiger partial charge in [0.1, 0.15) is 12.8 Å². The minimum atomic E-state index is -0.497. The van der Waals surface area contributed by atoms with Crippen LogP contribution in [0.5, 0.6) is 17.2 Å². The standard InChI is InChI=1S/C21H26N2O6/c1-8-29-21(24)18-16(12(2)3)17(14(23-18)11-22-28-7)13-9-10-15(25-4)20(27-6)19(13)26-5/h9-11,23H,2,8H2,1,3-7H3/b22-11+. The van der Waals surface area contributed by atoms with E-state index in [0.717, 1.165) is 0 Å². The average Bonchev–Trinajstić information content (AvgIpc) is 3.10. The van der Waals surface area contributed by atoms with Crippen molar-refractivity contribution in [2.75, 3.05) is 35.0 Å². The van der Waals surface area contributed by atoms with E-state index in [2.05, 4.69) is 16.7 Å². The number of rotatable bonds is 9. The number of esters is 1. The van der Waals surface area contributed by atoms with E-state index in [-0.39, 0.29) is 12.3 Å². The minimum absolute atomic E-state index is 0.240. The first-order chi connectivity index (χ1) is 13.9. The highest BCUT2D eigenvalue weighted by Crippen LogP contribution is 2.47. The number of aromatic nitrogens is 1. The number of H-pyrrole nitrogens is 1. The summed E-state index contributed by atoms with van der Waals surface area (Å²) in [4.78, 5) is 20.5. The van der Waals surface area contributed by atoms with Crippen LogP contribution >= 0.6 is 0 Å². The molecule has 0 aliphatic carbocycles. The molecule has 0 saturated carbocycles. The Morgan fingerprint density at radius 2 is 1.83 bits per heavy atom. The fourth-order valence-corrected chi connectivity index (χ4v) is 3.08. The molecular weight excluding hydrogens is 376 g/mol. The van der Waals surface area contributed by atoms with Crippen LogP contribution in [-0.2, 0) is 9.57 Å². The predicted octanol–water partition coefficient (Wildman–Crippen LogP) is 3.90. The number of benzene rings is 1. The third-order valence-corrected chi connectivity index (χ3v) is 4.20. The number of hydrogen-bond acceptors (Lipinski definition) is 7. The highest BCUT2D eigenvalue weighted by atomic mass is 16.6. The van der Waals surface area contributed by atoms with Crippen LogP contribution in [0.4, 0.5) is 0 Å². The van der Waals surface area contributed by atoms with Gasteiger partial charge in [0.25, 0.3) is 0 Å². The molecule has 2 aromatic rings. The quantitative estimate of drug-likeness (QED) is 0.389. The highest BCUT2D eigenvalue weighted by Gasteiger charge is 2.28. The van der Waals surface area contributed by atoms with E-state index in [1.165, 1.54) is 27.5 Å². The number of ether oxygens (including phenoxy) is 4. The molecule has 0 amide bonds. The summed E-state index contributed by atoms with van der Waals surface area (Å²) in [5, 5.41) is 3.84. The van der Waals surface area contributed by atoms with Gasteiger partial charge in [0.2, 0.25) is 5.75 Å². The van der Waals surface area contributed by atoms with E-state index >= 15 is 0 Å². The summed E-state index contributed by atoms with van der Waals surface area (Å²) in [6.07, 6.45) is 1.47. The molecule has 1 N–H and O–H groups in total. The molecule has 2 rings (SSSR count). The summed E-state index contributed by atoms with van der Waals surface area (Å²) in [7, 11) is 6.03. The Labute approximate surface area is 170 Å². The Bertz CT molecular complexity index is 930. The second-order valence-electron chi connectivity index (χ2n) is 5.96. The zero-order valence-corrected chi connectivity index (χ0v) is 17.5. The number of methoxy groups -OCH3 is 3. The molecule has 0 saturated heterocycles. The molecule has 0 radical (unpaired) electrons. The van der Waals surface area contributed by atoms with Crippen molar-refractivity contribution in [3.63, 3.8) is 0 Å². The summed E-state index contributed by atoms with van der Waals surface area (Å²) in [5.41, 5.74) is 3.36. The summed E-state index contributed by atoms with van der Waals surface area (Å²) >= 11 is 0. The van der Waals surface area contributed by atoms with Crippen LogP contribution in [0.15, 0.2) is 23.9 Å². The van der Waals surface area contributed by atoms with Crippen LogP contribution in [0.1, 0.15) is 35.6 Å². The molecule has 0 fully saturated rings. The van der Waals surface area contributed by atoms with Crippen molar-refractivity contribution < 1.29 is 28.6 Å². The average molecular weight is 402 g/mol. The maximum absolute atomic E-state index is 12.6. The number of nitrogens with zero attached hydrogens (tertiary/aromatic N) is 1. The molecule has 0 spiro atoms. The van der Waals surface area contributed by atoms with E-state index in [0.29, 0.717) is 45.2 Å². The Hall–Kier alpha value is -3.42. The second kappa shape index (κ2) is 9.68. The second-order valence-corrected chi connectivity index (χ2v) is 5.96. The number of carbonyl (C=O) groups is 1. The first kappa shape index (κ1) is 21.9. The van der Waals surface area contributed by atoms with Gasteiger partial charge in [-0.1, -0.05) is 11.7 Å². The van der Waals surface area contributed by atoms with Crippen LogP contribution in [0, 0.1) is 0 Å². The number of oxime groups is 1. The normalized spacial score (nSPS) is 10.7. The zero-order chi connectivity index (χ0) is 21.6. The molecular formula is C21H26N2O6. The molecule has 1 aromatic carbocycles. The van der Waals surface area contributed by atoms with Crippen LogP contribution in [-0.4, -0.2) is 52.2 Å². The smallest absolute Gasteiger partial charge is 0.355 e. The molecule has 0 aliphatic heterocycles. The van der Waals surface area contributed by atoms with Gasteiger partial charge in [-0.25, -0.2) is 4.79 Å². The van der Waals surface area contributed by atoms with E-state index in [1.807, 2.05) is 6.07 Å². The van der Waals surface area contributed by atoms with Crippen molar-refractivity contribution in [2.45, 2.75) is 13.8 Å². The van der Waals surface area contributed by atoms with Gasteiger partial charge in [-0.3, -0.25) is 0 Å². The van der Waals surface area contributed by atoms with Crippen molar-refractivity contribution in [1.29, 1.82) is 0 Å². The summed E-state index contributed by atoms with van der Waals surface area (Å²) in [6, 6.07) is 3.57. The number of carbonyl (C=O) groups excluding carboxylic acids is 1. The maximum Gasteiger partial charge on any atom is 0.355 e. The Kier molecular flexibility index (Phi) is 7.30. The molecule has 8 nitrogen and oxygen atoms in total. The van der Waals surface area contributed by atoms with Gasteiger partial charge in [-0.15, -0.1) is 0 Å². The number of allylic oxidation sites excluding steroid dienone is 1. The zero-order valence-electron chi connectivity index (χ0n) is 17.5. The topological polar surface area (TPSA) is 91.4 Å². The first-order valence-electron chi connectivity index (χ1n) is 8.89. The lowest BCUT2D eigenvalue weighted by Gasteiger charge is -2.17. The maximum atomic E-state index is 12.6. The lowest BCUT2D eigenvalue weighted by molar-refractivity contribution is 0.0520. The Morgan fingerprint density at radius 1 is 1.14 bits per heavy atom. The van der Waals surface area contributed by atoms with Crippen molar-refractivity contribution in [3.8, 4) is 28.4 Å². The molecule has 1 heterocycles. The molecule has 29 heavy (non-hydrogen) atoms.